The van der Waals surface area contributed by atoms with Gasteiger partial charge in [0.2, 0.25) is 10.0 Å². The fourth-order valence-electron chi connectivity index (χ4n) is 5.01. The summed E-state index contributed by atoms with van der Waals surface area (Å²) in [6, 6.07) is 18.6. The van der Waals surface area contributed by atoms with Crippen LogP contribution in [0.2, 0.25) is 0 Å². The van der Waals surface area contributed by atoms with Crippen LogP contribution in [0.4, 0.5) is 9.52 Å². The van der Waals surface area contributed by atoms with Gasteiger partial charge in [-0.15, -0.1) is 0 Å². The monoisotopic (exact) mass is 551 g/mol. The Kier molecular flexibility index (Phi) is 6.73. The molecule has 0 spiro atoms. The lowest BCUT2D eigenvalue weighted by molar-refractivity contribution is 0.0917. The molecule has 0 N–H and O–H groups in total. The Labute approximate surface area is 224 Å². The molecule has 4 aromatic rings. The SMILES string of the molecule is O=C(c1ccc(S(=O)(=O)N2CCc3ccccc3C2)cc1)N(CC1CCCO1)c1nc2c(F)cccc2s1. The van der Waals surface area contributed by atoms with E-state index in [1.165, 1.54) is 56.4 Å². The van der Waals surface area contributed by atoms with E-state index in [2.05, 4.69) is 4.98 Å². The summed E-state index contributed by atoms with van der Waals surface area (Å²) in [6.07, 6.45) is 2.25. The molecule has 1 atom stereocenters. The number of anilines is 1. The Morgan fingerprint density at radius 3 is 2.61 bits per heavy atom. The summed E-state index contributed by atoms with van der Waals surface area (Å²) >= 11 is 1.24. The molecule has 1 saturated heterocycles. The highest BCUT2D eigenvalue weighted by Crippen LogP contribution is 2.32. The smallest absolute Gasteiger partial charge is 0.260 e. The minimum Gasteiger partial charge on any atom is -0.376 e. The first-order valence-electron chi connectivity index (χ1n) is 12.6. The predicted molar refractivity (Wildman–Crippen MR) is 144 cm³/mol. The van der Waals surface area contributed by atoms with Crippen molar-refractivity contribution < 1.29 is 22.3 Å². The molecule has 1 fully saturated rings. The molecule has 0 radical (unpaired) electrons. The third-order valence-corrected chi connectivity index (χ3v) is 9.98. The van der Waals surface area contributed by atoms with E-state index < -0.39 is 15.8 Å². The van der Waals surface area contributed by atoms with E-state index >= 15 is 0 Å². The van der Waals surface area contributed by atoms with Crippen molar-refractivity contribution in [3.63, 3.8) is 0 Å². The van der Waals surface area contributed by atoms with Crippen LogP contribution in [-0.2, 0) is 27.7 Å². The number of halogens is 1. The predicted octanol–water partition coefficient (Wildman–Crippen LogP) is 5.01. The first kappa shape index (κ1) is 25.1. The molecule has 0 saturated carbocycles. The second-order valence-corrected chi connectivity index (χ2v) is 12.5. The fraction of sp³-hybridized carbons (Fsp3) is 0.286. The highest BCUT2D eigenvalue weighted by Gasteiger charge is 2.30. The number of aromatic nitrogens is 1. The standard InChI is InChI=1S/C28H26FN3O4S2/c29-24-8-3-9-25-26(24)30-28(37-25)32(18-22-7-4-16-36-22)27(33)20-10-12-23(13-11-20)38(34,35)31-15-14-19-5-1-2-6-21(19)17-31/h1-3,5-6,8-13,22H,4,7,14-18H2. The minimum atomic E-state index is -3.72. The molecule has 0 aliphatic carbocycles. The summed E-state index contributed by atoms with van der Waals surface area (Å²) in [5, 5.41) is 0.384. The maximum absolute atomic E-state index is 14.3. The van der Waals surface area contributed by atoms with Crippen LogP contribution in [0.25, 0.3) is 10.2 Å². The summed E-state index contributed by atoms with van der Waals surface area (Å²) in [5.41, 5.74) is 2.72. The van der Waals surface area contributed by atoms with Crippen LogP contribution in [0.5, 0.6) is 0 Å². The number of hydrogen-bond acceptors (Lipinski definition) is 6. The van der Waals surface area contributed by atoms with Gasteiger partial charge in [0.15, 0.2) is 5.13 Å². The molecule has 0 bridgehead atoms. The second kappa shape index (κ2) is 10.2. The highest BCUT2D eigenvalue weighted by molar-refractivity contribution is 7.89. The van der Waals surface area contributed by atoms with Gasteiger partial charge in [-0.1, -0.05) is 41.7 Å². The Morgan fingerprint density at radius 2 is 1.87 bits per heavy atom. The number of nitrogens with zero attached hydrogens (tertiary/aromatic N) is 3. The summed E-state index contributed by atoms with van der Waals surface area (Å²) in [7, 11) is -3.72. The van der Waals surface area contributed by atoms with Crippen molar-refractivity contribution in [3.8, 4) is 0 Å². The molecule has 1 amide bonds. The van der Waals surface area contributed by atoms with Gasteiger partial charge in [0, 0.05) is 25.3 Å². The maximum atomic E-state index is 14.3. The van der Waals surface area contributed by atoms with Gasteiger partial charge < -0.3 is 4.74 Å². The van der Waals surface area contributed by atoms with Gasteiger partial charge in [-0.2, -0.15) is 4.31 Å². The number of benzene rings is 3. The van der Waals surface area contributed by atoms with Crippen LogP contribution in [0.3, 0.4) is 0 Å². The number of rotatable bonds is 6. The van der Waals surface area contributed by atoms with E-state index in [1.54, 1.807) is 12.1 Å². The van der Waals surface area contributed by atoms with Gasteiger partial charge in [0.05, 0.1) is 22.2 Å². The second-order valence-electron chi connectivity index (χ2n) is 9.52. The van der Waals surface area contributed by atoms with Crippen LogP contribution < -0.4 is 4.90 Å². The van der Waals surface area contributed by atoms with E-state index in [1.807, 2.05) is 24.3 Å². The zero-order valence-corrected chi connectivity index (χ0v) is 22.2. The molecule has 10 heteroatoms. The highest BCUT2D eigenvalue weighted by atomic mass is 32.2. The van der Waals surface area contributed by atoms with Crippen molar-refractivity contribution in [3.05, 3.63) is 89.2 Å². The minimum absolute atomic E-state index is 0.140. The molecule has 38 heavy (non-hydrogen) atoms. The molecule has 3 heterocycles. The van der Waals surface area contributed by atoms with Gasteiger partial charge in [-0.3, -0.25) is 9.69 Å². The largest absolute Gasteiger partial charge is 0.376 e. The average Bonchev–Trinajstić information content (AvgIpc) is 3.62. The van der Waals surface area contributed by atoms with E-state index in [0.29, 0.717) is 41.5 Å². The quantitative estimate of drug-likeness (QED) is 0.337. The first-order valence-corrected chi connectivity index (χ1v) is 14.8. The normalized spacial score (nSPS) is 18.0. The number of para-hydroxylation sites is 1. The molecule has 2 aliphatic heterocycles. The molecule has 6 rings (SSSR count). The topological polar surface area (TPSA) is 79.8 Å². The van der Waals surface area contributed by atoms with E-state index in [4.69, 9.17) is 4.74 Å². The number of thiazole rings is 1. The lowest BCUT2D eigenvalue weighted by atomic mass is 10.0. The van der Waals surface area contributed by atoms with E-state index in [-0.39, 0.29) is 29.0 Å². The number of fused-ring (bicyclic) bond motifs is 2. The van der Waals surface area contributed by atoms with Gasteiger partial charge in [0.25, 0.3) is 5.91 Å². The molecule has 7 nitrogen and oxygen atoms in total. The first-order chi connectivity index (χ1) is 18.4. The molecule has 2 aliphatic rings. The summed E-state index contributed by atoms with van der Waals surface area (Å²) < 4.78 is 49.0. The van der Waals surface area contributed by atoms with Crippen molar-refractivity contribution in [1.29, 1.82) is 0 Å². The molecule has 1 aromatic heterocycles. The van der Waals surface area contributed by atoms with Crippen molar-refractivity contribution in [2.24, 2.45) is 0 Å². The van der Waals surface area contributed by atoms with Gasteiger partial charge in [0.1, 0.15) is 11.3 Å². The van der Waals surface area contributed by atoms with Crippen molar-refractivity contribution >= 4 is 42.6 Å². The lowest BCUT2D eigenvalue weighted by Crippen LogP contribution is -2.37. The Hall–Kier alpha value is -3.18. The number of sulfonamides is 1. The van der Waals surface area contributed by atoms with Gasteiger partial charge in [-0.05, 0) is 66.8 Å². The van der Waals surface area contributed by atoms with Gasteiger partial charge >= 0.3 is 0 Å². The van der Waals surface area contributed by atoms with Crippen molar-refractivity contribution in [2.45, 2.75) is 36.8 Å². The van der Waals surface area contributed by atoms with E-state index in [9.17, 15) is 17.6 Å². The van der Waals surface area contributed by atoms with Crippen LogP contribution in [-0.4, -0.2) is 49.4 Å². The van der Waals surface area contributed by atoms with Gasteiger partial charge in [-0.25, -0.2) is 17.8 Å². The number of carbonyl (C=O) groups excluding carboxylic acids is 1. The Balaban J connectivity index is 1.27. The molecule has 1 unspecified atom stereocenters. The molecular weight excluding hydrogens is 525 g/mol. The third-order valence-electron chi connectivity index (χ3n) is 7.08. The Bertz CT molecular complexity index is 1600. The molecular formula is C28H26FN3O4S2. The number of ether oxygens (including phenoxy) is 1. The van der Waals surface area contributed by atoms with Crippen LogP contribution in [0, 0.1) is 5.82 Å². The van der Waals surface area contributed by atoms with Crippen molar-refractivity contribution in [1.82, 2.24) is 9.29 Å². The molecule has 3 aromatic carbocycles. The Morgan fingerprint density at radius 1 is 1.08 bits per heavy atom. The maximum Gasteiger partial charge on any atom is 0.260 e. The van der Waals surface area contributed by atoms with Crippen LogP contribution >= 0.6 is 11.3 Å². The third kappa shape index (κ3) is 4.73. The van der Waals surface area contributed by atoms with Crippen molar-refractivity contribution in [2.75, 3.05) is 24.6 Å². The van der Waals surface area contributed by atoms with Crippen LogP contribution in [0.1, 0.15) is 34.3 Å². The number of amides is 1. The lowest BCUT2D eigenvalue weighted by Gasteiger charge is -2.28. The van der Waals surface area contributed by atoms with E-state index in [0.717, 1.165) is 18.4 Å². The number of hydrogen-bond donors (Lipinski definition) is 0. The summed E-state index contributed by atoms with van der Waals surface area (Å²) in [6.45, 7) is 1.65. The van der Waals surface area contributed by atoms with Crippen LogP contribution in [0.15, 0.2) is 71.6 Å². The molecule has 196 valence electrons. The average molecular weight is 552 g/mol. The zero-order valence-electron chi connectivity index (χ0n) is 20.5. The summed E-state index contributed by atoms with van der Waals surface area (Å²) in [5.74, 6) is -0.778. The zero-order chi connectivity index (χ0) is 26.3. The fourth-order valence-corrected chi connectivity index (χ4v) is 7.41. The summed E-state index contributed by atoms with van der Waals surface area (Å²) in [4.78, 5) is 19.8. The number of carbonyl (C=O) groups is 1.